The lowest BCUT2D eigenvalue weighted by molar-refractivity contribution is 0.296. The van der Waals surface area contributed by atoms with Gasteiger partial charge in [-0.3, -0.25) is 9.69 Å². The summed E-state index contributed by atoms with van der Waals surface area (Å²) in [5.74, 6) is 0. The van der Waals surface area contributed by atoms with Crippen LogP contribution in [0.4, 0.5) is 0 Å². The minimum atomic E-state index is 0.0414. The number of hydrogen-bond acceptors (Lipinski definition) is 4. The van der Waals surface area contributed by atoms with Crippen LogP contribution in [0.15, 0.2) is 53.7 Å². The molecule has 0 aromatic carbocycles. The molecule has 5 heterocycles. The van der Waals surface area contributed by atoms with Crippen LogP contribution in [0.2, 0.25) is 0 Å². The maximum Gasteiger partial charge on any atom is 0.251 e. The van der Waals surface area contributed by atoms with Gasteiger partial charge in [-0.2, -0.15) is 0 Å². The van der Waals surface area contributed by atoms with Crippen molar-refractivity contribution in [1.82, 2.24) is 19.3 Å². The first-order valence-corrected chi connectivity index (χ1v) is 10.5. The monoisotopic (exact) mass is 390 g/mol. The highest BCUT2D eigenvalue weighted by atomic mass is 32.1. The second-order valence-corrected chi connectivity index (χ2v) is 8.46. The van der Waals surface area contributed by atoms with Crippen molar-refractivity contribution in [3.63, 3.8) is 0 Å². The molecule has 142 valence electrons. The molecule has 1 aliphatic rings. The van der Waals surface area contributed by atoms with Gasteiger partial charge >= 0.3 is 0 Å². The molecule has 1 N–H and O–H groups in total. The van der Waals surface area contributed by atoms with E-state index in [-0.39, 0.29) is 5.56 Å². The third-order valence-corrected chi connectivity index (χ3v) is 6.54. The average molecular weight is 391 g/mol. The van der Waals surface area contributed by atoms with Crippen molar-refractivity contribution in [3.8, 4) is 0 Å². The van der Waals surface area contributed by atoms with E-state index in [9.17, 15) is 4.79 Å². The van der Waals surface area contributed by atoms with Crippen LogP contribution in [0, 0.1) is 0 Å². The Morgan fingerprint density at radius 1 is 1.29 bits per heavy atom. The van der Waals surface area contributed by atoms with Gasteiger partial charge in [-0.05, 0) is 48.2 Å². The Balaban J connectivity index is 1.32. The molecule has 0 saturated heterocycles. The first kappa shape index (κ1) is 17.4. The molecule has 0 spiro atoms. The van der Waals surface area contributed by atoms with Gasteiger partial charge in [0.2, 0.25) is 0 Å². The fraction of sp³-hybridized carbons (Fsp3) is 0.273. The SMILES string of the molecule is CCc1cc2sc(CN3CC=C(c4ccc5nccn5c4)CC3)cc2[nH]c1=O. The first-order chi connectivity index (χ1) is 13.7. The van der Waals surface area contributed by atoms with Crippen molar-refractivity contribution in [2.45, 2.75) is 26.3 Å². The lowest BCUT2D eigenvalue weighted by atomic mass is 10.0. The number of nitrogens with one attached hydrogen (secondary N) is 1. The van der Waals surface area contributed by atoms with E-state index in [0.29, 0.717) is 0 Å². The smallest absolute Gasteiger partial charge is 0.251 e. The van der Waals surface area contributed by atoms with Crippen molar-refractivity contribution in [3.05, 3.63) is 75.3 Å². The van der Waals surface area contributed by atoms with Crippen molar-refractivity contribution in [2.24, 2.45) is 0 Å². The van der Waals surface area contributed by atoms with E-state index >= 15 is 0 Å². The number of fused-ring (bicyclic) bond motifs is 2. The van der Waals surface area contributed by atoms with Crippen LogP contribution in [0.1, 0.15) is 29.3 Å². The first-order valence-electron chi connectivity index (χ1n) is 9.68. The Morgan fingerprint density at radius 3 is 3.04 bits per heavy atom. The van der Waals surface area contributed by atoms with Gasteiger partial charge in [-0.1, -0.05) is 13.0 Å². The van der Waals surface area contributed by atoms with Gasteiger partial charge in [0.25, 0.3) is 5.56 Å². The Kier molecular flexibility index (Phi) is 4.37. The zero-order chi connectivity index (χ0) is 19.1. The molecule has 1 aliphatic heterocycles. The summed E-state index contributed by atoms with van der Waals surface area (Å²) in [5.41, 5.74) is 5.53. The summed E-state index contributed by atoms with van der Waals surface area (Å²) < 4.78 is 3.25. The van der Waals surface area contributed by atoms with Crippen LogP contribution in [0.5, 0.6) is 0 Å². The van der Waals surface area contributed by atoms with Crippen LogP contribution in [0.25, 0.3) is 21.4 Å². The molecule has 4 aromatic rings. The van der Waals surface area contributed by atoms with E-state index in [2.05, 4.69) is 49.7 Å². The Bertz CT molecular complexity index is 1250. The van der Waals surface area contributed by atoms with E-state index in [1.54, 1.807) is 11.3 Å². The van der Waals surface area contributed by atoms with Crippen LogP contribution in [-0.2, 0) is 13.0 Å². The number of nitrogens with zero attached hydrogens (tertiary/aromatic N) is 3. The summed E-state index contributed by atoms with van der Waals surface area (Å²) in [5, 5.41) is 0. The largest absolute Gasteiger partial charge is 0.321 e. The molecule has 0 bridgehead atoms. The Hall–Kier alpha value is -2.70. The van der Waals surface area contributed by atoms with E-state index in [0.717, 1.165) is 49.2 Å². The maximum absolute atomic E-state index is 12.0. The van der Waals surface area contributed by atoms with Gasteiger partial charge in [0.15, 0.2) is 0 Å². The highest BCUT2D eigenvalue weighted by molar-refractivity contribution is 7.19. The van der Waals surface area contributed by atoms with Crippen molar-refractivity contribution >= 4 is 32.8 Å². The summed E-state index contributed by atoms with van der Waals surface area (Å²) in [6.45, 7) is 4.93. The maximum atomic E-state index is 12.0. The number of hydrogen-bond donors (Lipinski definition) is 1. The molecular weight excluding hydrogens is 368 g/mol. The summed E-state index contributed by atoms with van der Waals surface area (Å²) >= 11 is 1.79. The van der Waals surface area contributed by atoms with E-state index in [1.807, 2.05) is 25.4 Å². The predicted molar refractivity (Wildman–Crippen MR) is 115 cm³/mol. The topological polar surface area (TPSA) is 53.4 Å². The standard InChI is InChI=1S/C22H22N4OS/c1-2-15-11-20-19(24-22(15)27)12-18(28-20)14-25-8-5-16(6-9-25)17-3-4-21-23-7-10-26(21)13-17/h3-5,7,10-13H,2,6,8-9,14H2,1H3,(H,24,27). The van der Waals surface area contributed by atoms with Crippen molar-refractivity contribution in [2.75, 3.05) is 13.1 Å². The lowest BCUT2D eigenvalue weighted by Crippen LogP contribution is -2.27. The zero-order valence-corrected chi connectivity index (χ0v) is 16.6. The number of thiophene rings is 1. The summed E-state index contributed by atoms with van der Waals surface area (Å²) in [6, 6.07) is 8.42. The number of imidazole rings is 1. The van der Waals surface area contributed by atoms with E-state index in [4.69, 9.17) is 0 Å². The second-order valence-electron chi connectivity index (χ2n) is 7.29. The van der Waals surface area contributed by atoms with E-state index in [1.165, 1.54) is 20.7 Å². The molecule has 0 aliphatic carbocycles. The fourth-order valence-electron chi connectivity index (χ4n) is 3.88. The number of H-pyrrole nitrogens is 1. The minimum Gasteiger partial charge on any atom is -0.321 e. The number of aryl methyl sites for hydroxylation is 1. The number of aromatic nitrogens is 3. The molecule has 0 radical (unpaired) electrons. The number of rotatable bonds is 4. The van der Waals surface area contributed by atoms with Crippen molar-refractivity contribution < 1.29 is 0 Å². The molecule has 0 unspecified atom stereocenters. The van der Waals surface area contributed by atoms with Crippen LogP contribution in [-0.4, -0.2) is 32.4 Å². The lowest BCUT2D eigenvalue weighted by Gasteiger charge is -2.26. The van der Waals surface area contributed by atoms with Gasteiger partial charge in [0, 0.05) is 48.7 Å². The molecule has 0 saturated carbocycles. The van der Waals surface area contributed by atoms with Crippen LogP contribution < -0.4 is 5.56 Å². The summed E-state index contributed by atoms with van der Waals surface area (Å²) in [4.78, 5) is 23.1. The minimum absolute atomic E-state index is 0.0414. The molecule has 4 aromatic heterocycles. The van der Waals surface area contributed by atoms with Crippen molar-refractivity contribution in [1.29, 1.82) is 0 Å². The van der Waals surface area contributed by atoms with Gasteiger partial charge in [-0.25, -0.2) is 4.98 Å². The van der Waals surface area contributed by atoms with Gasteiger partial charge < -0.3 is 9.38 Å². The quantitative estimate of drug-likeness (QED) is 0.571. The molecule has 5 nitrogen and oxygen atoms in total. The normalized spacial score (nSPS) is 15.4. The van der Waals surface area contributed by atoms with Gasteiger partial charge in [-0.15, -0.1) is 11.3 Å². The third-order valence-electron chi connectivity index (χ3n) is 5.47. The van der Waals surface area contributed by atoms with Crippen LogP contribution >= 0.6 is 11.3 Å². The highest BCUT2D eigenvalue weighted by Gasteiger charge is 2.15. The van der Waals surface area contributed by atoms with Crippen LogP contribution in [0.3, 0.4) is 0 Å². The number of aromatic amines is 1. The average Bonchev–Trinajstić information content (AvgIpc) is 3.33. The highest BCUT2D eigenvalue weighted by Crippen LogP contribution is 2.28. The Labute approximate surface area is 167 Å². The summed E-state index contributed by atoms with van der Waals surface area (Å²) in [6.07, 6.45) is 10.1. The second kappa shape index (κ2) is 7.04. The van der Waals surface area contributed by atoms with Gasteiger partial charge in [0.05, 0.1) is 10.2 Å². The molecule has 5 rings (SSSR count). The predicted octanol–water partition coefficient (Wildman–Crippen LogP) is 4.09. The van der Waals surface area contributed by atoms with E-state index < -0.39 is 0 Å². The Morgan fingerprint density at radius 2 is 2.21 bits per heavy atom. The molecule has 0 amide bonds. The molecule has 0 fully saturated rings. The molecule has 0 atom stereocenters. The molecule has 28 heavy (non-hydrogen) atoms. The molecule has 6 heteroatoms. The molecular formula is C22H22N4OS. The third kappa shape index (κ3) is 3.19. The number of pyridine rings is 2. The zero-order valence-electron chi connectivity index (χ0n) is 15.8. The van der Waals surface area contributed by atoms with Gasteiger partial charge in [0.1, 0.15) is 5.65 Å². The summed E-state index contributed by atoms with van der Waals surface area (Å²) in [7, 11) is 0. The fourth-order valence-corrected chi connectivity index (χ4v) is 5.00.